The van der Waals surface area contributed by atoms with Gasteiger partial charge in [0.2, 0.25) is 0 Å². The van der Waals surface area contributed by atoms with E-state index in [0.29, 0.717) is 0 Å². The van der Waals surface area contributed by atoms with E-state index >= 15 is 0 Å². The molecule has 0 N–H and O–H groups in total. The maximum atomic E-state index is 2.46. The van der Waals surface area contributed by atoms with Gasteiger partial charge in [0.25, 0.3) is 0 Å². The van der Waals surface area contributed by atoms with E-state index in [4.69, 9.17) is 0 Å². The fourth-order valence-corrected chi connectivity index (χ4v) is 8.42. The summed E-state index contributed by atoms with van der Waals surface area (Å²) in [7, 11) is 0. The standard InChI is InChI=1S/C40H26S/c1-40(30-13-3-2-4-14-30)35-23-27(18-19-31(35)34-21-25-10-5-6-11-26(25)22-36(34)40)29-20-28-12-9-16-33-32-15-7-8-17-37(32)41-38(24-29)39(28)33/h2-24H,1H3. The summed E-state index contributed by atoms with van der Waals surface area (Å²) < 4.78 is 0. The molecule has 1 unspecified atom stereocenters. The Kier molecular flexibility index (Phi) is 4.77. The van der Waals surface area contributed by atoms with Crippen LogP contribution in [0.5, 0.6) is 0 Å². The highest BCUT2D eigenvalue weighted by atomic mass is 32.2. The van der Waals surface area contributed by atoms with Crippen LogP contribution in [0.1, 0.15) is 23.6 Å². The minimum atomic E-state index is -0.238. The molecule has 0 aromatic heterocycles. The zero-order valence-electron chi connectivity index (χ0n) is 22.7. The molecule has 0 fully saturated rings. The number of rotatable bonds is 2. The predicted molar refractivity (Wildman–Crippen MR) is 174 cm³/mol. The van der Waals surface area contributed by atoms with Crippen LogP contribution >= 0.6 is 11.8 Å². The van der Waals surface area contributed by atoms with Crippen LogP contribution in [0.2, 0.25) is 0 Å². The van der Waals surface area contributed by atoms with Crippen molar-refractivity contribution in [3.63, 3.8) is 0 Å². The molecule has 1 heterocycles. The molecule has 0 saturated carbocycles. The van der Waals surface area contributed by atoms with E-state index in [1.54, 1.807) is 0 Å². The van der Waals surface area contributed by atoms with Gasteiger partial charge in [0.15, 0.2) is 0 Å². The first-order valence-electron chi connectivity index (χ1n) is 14.3. The maximum absolute atomic E-state index is 2.46. The maximum Gasteiger partial charge on any atom is 0.0435 e. The van der Waals surface area contributed by atoms with Crippen molar-refractivity contribution in [2.45, 2.75) is 22.1 Å². The predicted octanol–water partition coefficient (Wildman–Crippen LogP) is 11.1. The SMILES string of the molecule is CC1(c2ccccc2)c2cc(-c3cc4c5c(cccc5c3)-c3ccccc3S4)ccc2-c2cc3ccccc3cc21. The van der Waals surface area contributed by atoms with Crippen LogP contribution in [0.3, 0.4) is 0 Å². The molecule has 9 rings (SSSR count). The van der Waals surface area contributed by atoms with Crippen molar-refractivity contribution in [2.24, 2.45) is 0 Å². The third-order valence-electron chi connectivity index (χ3n) is 9.30. The fourth-order valence-electron chi connectivity index (χ4n) is 7.23. The second kappa shape index (κ2) is 8.46. The highest BCUT2D eigenvalue weighted by Gasteiger charge is 2.41. The van der Waals surface area contributed by atoms with E-state index in [1.807, 2.05) is 11.8 Å². The number of hydrogen-bond donors (Lipinski definition) is 0. The highest BCUT2D eigenvalue weighted by molar-refractivity contribution is 7.99. The Morgan fingerprint density at radius 2 is 1.15 bits per heavy atom. The van der Waals surface area contributed by atoms with Crippen molar-refractivity contribution in [1.29, 1.82) is 0 Å². The largest absolute Gasteiger partial charge is 0.0888 e. The van der Waals surface area contributed by atoms with Gasteiger partial charge in [0.1, 0.15) is 0 Å². The van der Waals surface area contributed by atoms with Crippen molar-refractivity contribution >= 4 is 33.3 Å². The normalized spacial score (nSPS) is 16.4. The molecular formula is C40H26S. The second-order valence-corrected chi connectivity index (χ2v) is 12.6. The fraction of sp³-hybridized carbons (Fsp3) is 0.0500. The minimum Gasteiger partial charge on any atom is -0.0888 e. The molecule has 1 atom stereocenters. The lowest BCUT2D eigenvalue weighted by Crippen LogP contribution is -2.22. The molecule has 2 aliphatic rings. The Balaban J connectivity index is 1.28. The average Bonchev–Trinajstić information content (AvgIpc) is 3.28. The Morgan fingerprint density at radius 1 is 0.439 bits per heavy atom. The summed E-state index contributed by atoms with van der Waals surface area (Å²) in [6.45, 7) is 2.41. The molecule has 192 valence electrons. The van der Waals surface area contributed by atoms with Gasteiger partial charge in [-0.3, -0.25) is 0 Å². The number of hydrogen-bond acceptors (Lipinski definition) is 1. The van der Waals surface area contributed by atoms with Gasteiger partial charge in [-0.25, -0.2) is 0 Å². The van der Waals surface area contributed by atoms with Crippen LogP contribution < -0.4 is 0 Å². The number of fused-ring (bicyclic) bond motifs is 6. The first-order chi connectivity index (χ1) is 20.2. The van der Waals surface area contributed by atoms with Gasteiger partial charge in [0, 0.05) is 20.6 Å². The van der Waals surface area contributed by atoms with Crippen LogP contribution in [0.15, 0.2) is 149 Å². The summed E-state index contributed by atoms with van der Waals surface area (Å²) in [5.74, 6) is 0. The van der Waals surface area contributed by atoms with Crippen LogP contribution in [0.25, 0.3) is 54.9 Å². The molecule has 1 aliphatic carbocycles. The summed E-state index contributed by atoms with van der Waals surface area (Å²) in [4.78, 5) is 2.67. The molecule has 0 spiro atoms. The molecule has 1 heteroatoms. The van der Waals surface area contributed by atoms with Crippen LogP contribution in [0.4, 0.5) is 0 Å². The third kappa shape index (κ3) is 3.24. The van der Waals surface area contributed by atoms with Gasteiger partial charge < -0.3 is 0 Å². The molecule has 0 saturated heterocycles. The van der Waals surface area contributed by atoms with Crippen LogP contribution in [-0.4, -0.2) is 0 Å². The Labute approximate surface area is 244 Å². The van der Waals surface area contributed by atoms with Gasteiger partial charge in [-0.05, 0) is 110 Å². The summed E-state index contributed by atoms with van der Waals surface area (Å²) in [5.41, 5.74) is 11.8. The van der Waals surface area contributed by atoms with E-state index in [9.17, 15) is 0 Å². The van der Waals surface area contributed by atoms with Crippen molar-refractivity contribution in [3.05, 3.63) is 156 Å². The summed E-state index contributed by atoms with van der Waals surface area (Å²) in [5, 5.41) is 5.26. The van der Waals surface area contributed by atoms with E-state index < -0.39 is 0 Å². The zero-order chi connectivity index (χ0) is 27.1. The first-order valence-corrected chi connectivity index (χ1v) is 15.1. The molecule has 7 aromatic rings. The average molecular weight is 539 g/mol. The molecule has 0 bridgehead atoms. The third-order valence-corrected chi connectivity index (χ3v) is 10.4. The van der Waals surface area contributed by atoms with Crippen molar-refractivity contribution < 1.29 is 0 Å². The lowest BCUT2D eigenvalue weighted by atomic mass is 9.73. The highest BCUT2D eigenvalue weighted by Crippen LogP contribution is 2.55. The van der Waals surface area contributed by atoms with E-state index in [-0.39, 0.29) is 5.41 Å². The Bertz CT molecular complexity index is 2190. The summed E-state index contributed by atoms with van der Waals surface area (Å²) >= 11 is 1.90. The lowest BCUT2D eigenvalue weighted by Gasteiger charge is -2.29. The minimum absolute atomic E-state index is 0.238. The lowest BCUT2D eigenvalue weighted by molar-refractivity contribution is 0.715. The molecule has 7 aromatic carbocycles. The van der Waals surface area contributed by atoms with E-state index in [1.165, 1.54) is 81.4 Å². The summed E-state index contributed by atoms with van der Waals surface area (Å²) in [6.07, 6.45) is 0. The van der Waals surface area contributed by atoms with Gasteiger partial charge in [-0.2, -0.15) is 0 Å². The van der Waals surface area contributed by atoms with Crippen LogP contribution in [0, 0.1) is 0 Å². The zero-order valence-corrected chi connectivity index (χ0v) is 23.5. The first kappa shape index (κ1) is 23.1. The molecule has 0 radical (unpaired) electrons. The van der Waals surface area contributed by atoms with Crippen LogP contribution in [-0.2, 0) is 5.41 Å². The van der Waals surface area contributed by atoms with E-state index in [0.717, 1.165) is 0 Å². The topological polar surface area (TPSA) is 0 Å². The monoisotopic (exact) mass is 538 g/mol. The molecular weight excluding hydrogens is 513 g/mol. The summed E-state index contributed by atoms with van der Waals surface area (Å²) in [6, 6.07) is 52.1. The number of benzene rings is 7. The molecule has 41 heavy (non-hydrogen) atoms. The van der Waals surface area contributed by atoms with Crippen molar-refractivity contribution in [1.82, 2.24) is 0 Å². The molecule has 0 nitrogen and oxygen atoms in total. The van der Waals surface area contributed by atoms with Gasteiger partial charge in [-0.1, -0.05) is 115 Å². The quantitative estimate of drug-likeness (QED) is 0.211. The van der Waals surface area contributed by atoms with E-state index in [2.05, 4.69) is 146 Å². The second-order valence-electron chi connectivity index (χ2n) is 11.5. The molecule has 0 amide bonds. The Hall–Kier alpha value is -4.59. The van der Waals surface area contributed by atoms with Gasteiger partial charge in [-0.15, -0.1) is 0 Å². The van der Waals surface area contributed by atoms with Crippen molar-refractivity contribution in [3.8, 4) is 33.4 Å². The van der Waals surface area contributed by atoms with Gasteiger partial charge >= 0.3 is 0 Å². The Morgan fingerprint density at radius 3 is 2.02 bits per heavy atom. The molecule has 1 aliphatic heterocycles. The van der Waals surface area contributed by atoms with Gasteiger partial charge in [0.05, 0.1) is 0 Å². The van der Waals surface area contributed by atoms with Crippen molar-refractivity contribution in [2.75, 3.05) is 0 Å². The smallest absolute Gasteiger partial charge is 0.0435 e.